The molecule has 0 aliphatic carbocycles. The molecule has 0 radical (unpaired) electrons. The number of nitrogens with zero attached hydrogens (tertiary/aromatic N) is 1. The second-order valence-corrected chi connectivity index (χ2v) is 6.90. The van der Waals surface area contributed by atoms with Gasteiger partial charge in [-0.2, -0.15) is 0 Å². The van der Waals surface area contributed by atoms with E-state index in [2.05, 4.69) is 42.3 Å². The van der Waals surface area contributed by atoms with Crippen LogP contribution in [0, 0.1) is 0 Å². The van der Waals surface area contributed by atoms with Gasteiger partial charge in [0.05, 0.1) is 7.11 Å². The molecule has 0 aromatic heterocycles. The van der Waals surface area contributed by atoms with Crippen molar-refractivity contribution in [1.29, 1.82) is 0 Å². The number of hydrogen-bond donors (Lipinski definition) is 0. The summed E-state index contributed by atoms with van der Waals surface area (Å²) in [5.41, 5.74) is 3.36. The third-order valence-electron chi connectivity index (χ3n) is 5.08. The fourth-order valence-corrected chi connectivity index (χ4v) is 3.56. The zero-order valence-corrected chi connectivity index (χ0v) is 16.5. The molecule has 27 heavy (non-hydrogen) atoms. The third kappa shape index (κ3) is 4.90. The Morgan fingerprint density at radius 3 is 2.63 bits per heavy atom. The highest BCUT2D eigenvalue weighted by Gasteiger charge is 2.20. The first-order valence-electron chi connectivity index (χ1n) is 9.50. The summed E-state index contributed by atoms with van der Waals surface area (Å²) < 4.78 is 16.5. The molecule has 4 heteroatoms. The van der Waals surface area contributed by atoms with Crippen molar-refractivity contribution in [1.82, 2.24) is 4.90 Å². The first-order valence-corrected chi connectivity index (χ1v) is 9.50. The monoisotopic (exact) mass is 367 g/mol. The predicted molar refractivity (Wildman–Crippen MR) is 109 cm³/mol. The Labute approximate surface area is 162 Å². The van der Waals surface area contributed by atoms with Gasteiger partial charge in [-0.05, 0) is 55.8 Å². The second kappa shape index (κ2) is 9.58. The van der Waals surface area contributed by atoms with E-state index in [1.54, 1.807) is 14.2 Å². The van der Waals surface area contributed by atoms with E-state index < -0.39 is 0 Å². The molecule has 1 aliphatic heterocycles. The number of piperidine rings is 1. The predicted octanol–water partition coefficient (Wildman–Crippen LogP) is 4.59. The van der Waals surface area contributed by atoms with Gasteiger partial charge in [0.25, 0.3) is 0 Å². The summed E-state index contributed by atoms with van der Waals surface area (Å²) in [7, 11) is 5.53. The van der Waals surface area contributed by atoms with Crippen molar-refractivity contribution in [2.24, 2.45) is 0 Å². The lowest BCUT2D eigenvalue weighted by Gasteiger charge is -2.31. The minimum atomic E-state index is 0.213. The Kier molecular flexibility index (Phi) is 6.91. The highest BCUT2D eigenvalue weighted by Crippen LogP contribution is 2.35. The first kappa shape index (κ1) is 19.5. The van der Waals surface area contributed by atoms with Crippen LogP contribution in [0.1, 0.15) is 30.4 Å². The Hall–Kier alpha value is -2.30. The average Bonchev–Trinajstić information content (AvgIpc) is 2.72. The molecule has 2 aromatic rings. The van der Waals surface area contributed by atoms with Crippen LogP contribution < -0.4 is 9.47 Å². The SMILES string of the molecule is COCOc1ccc(OC)cc1C(=CC1CCCCN1C)c1ccccc1. The van der Waals surface area contributed by atoms with Crippen LogP contribution in [0.15, 0.2) is 54.6 Å². The molecule has 1 heterocycles. The van der Waals surface area contributed by atoms with Crippen LogP contribution in [0.5, 0.6) is 11.5 Å². The van der Waals surface area contributed by atoms with Crippen molar-refractivity contribution in [2.45, 2.75) is 25.3 Å². The summed E-state index contributed by atoms with van der Waals surface area (Å²) in [5, 5.41) is 0. The summed E-state index contributed by atoms with van der Waals surface area (Å²) >= 11 is 0. The largest absolute Gasteiger partial charge is 0.497 e. The number of methoxy groups -OCH3 is 2. The zero-order chi connectivity index (χ0) is 19.1. The van der Waals surface area contributed by atoms with E-state index in [1.165, 1.54) is 30.4 Å². The number of benzene rings is 2. The van der Waals surface area contributed by atoms with Gasteiger partial charge in [0, 0.05) is 18.7 Å². The second-order valence-electron chi connectivity index (χ2n) is 6.90. The Bertz CT molecular complexity index is 757. The number of likely N-dealkylation sites (N-methyl/N-ethyl adjacent to an activating group) is 1. The lowest BCUT2D eigenvalue weighted by Crippen LogP contribution is -2.34. The number of rotatable bonds is 7. The van der Waals surface area contributed by atoms with Crippen LogP contribution in [0.4, 0.5) is 0 Å². The molecule has 0 saturated carbocycles. The van der Waals surface area contributed by atoms with Gasteiger partial charge < -0.3 is 14.2 Å². The maximum absolute atomic E-state index is 5.87. The van der Waals surface area contributed by atoms with Gasteiger partial charge >= 0.3 is 0 Å². The number of likely N-dealkylation sites (tertiary alicyclic amines) is 1. The van der Waals surface area contributed by atoms with E-state index in [1.807, 2.05) is 24.3 Å². The summed E-state index contributed by atoms with van der Waals surface area (Å²) in [4.78, 5) is 2.43. The number of ether oxygens (including phenoxy) is 3. The molecule has 0 amide bonds. The van der Waals surface area contributed by atoms with Crippen molar-refractivity contribution >= 4 is 5.57 Å². The van der Waals surface area contributed by atoms with Gasteiger partial charge in [-0.15, -0.1) is 0 Å². The van der Waals surface area contributed by atoms with Gasteiger partial charge in [-0.3, -0.25) is 4.90 Å². The van der Waals surface area contributed by atoms with E-state index >= 15 is 0 Å². The van der Waals surface area contributed by atoms with Crippen LogP contribution in [-0.4, -0.2) is 45.5 Å². The lowest BCUT2D eigenvalue weighted by molar-refractivity contribution is 0.0509. The molecule has 4 nitrogen and oxygen atoms in total. The fraction of sp³-hybridized carbons (Fsp3) is 0.391. The molecule has 0 N–H and O–H groups in total. The lowest BCUT2D eigenvalue weighted by atomic mass is 9.92. The molecule has 1 unspecified atom stereocenters. The summed E-state index contributed by atoms with van der Waals surface area (Å²) in [5.74, 6) is 1.61. The van der Waals surface area contributed by atoms with Crippen LogP contribution in [-0.2, 0) is 4.74 Å². The topological polar surface area (TPSA) is 30.9 Å². The zero-order valence-electron chi connectivity index (χ0n) is 16.5. The van der Waals surface area contributed by atoms with E-state index in [0.29, 0.717) is 6.04 Å². The van der Waals surface area contributed by atoms with Gasteiger partial charge in [-0.1, -0.05) is 42.8 Å². The quantitative estimate of drug-likeness (QED) is 0.670. The van der Waals surface area contributed by atoms with E-state index in [-0.39, 0.29) is 6.79 Å². The van der Waals surface area contributed by atoms with Crippen molar-refractivity contribution < 1.29 is 14.2 Å². The maximum Gasteiger partial charge on any atom is 0.188 e. The Balaban J connectivity index is 2.09. The minimum Gasteiger partial charge on any atom is -0.497 e. The highest BCUT2D eigenvalue weighted by atomic mass is 16.7. The minimum absolute atomic E-state index is 0.213. The molecule has 1 aliphatic rings. The highest BCUT2D eigenvalue weighted by molar-refractivity contribution is 5.83. The van der Waals surface area contributed by atoms with Crippen LogP contribution >= 0.6 is 0 Å². The van der Waals surface area contributed by atoms with Gasteiger partial charge in [0.15, 0.2) is 6.79 Å². The molecular formula is C23H29NO3. The van der Waals surface area contributed by atoms with Crippen LogP contribution in [0.2, 0.25) is 0 Å². The average molecular weight is 367 g/mol. The summed E-state index contributed by atoms with van der Waals surface area (Å²) in [6.45, 7) is 1.35. The maximum atomic E-state index is 5.87. The molecule has 0 spiro atoms. The molecule has 1 atom stereocenters. The molecule has 3 rings (SSSR count). The normalized spacial score (nSPS) is 18.3. The van der Waals surface area contributed by atoms with Crippen molar-refractivity contribution in [3.05, 3.63) is 65.7 Å². The van der Waals surface area contributed by atoms with Crippen molar-refractivity contribution in [3.63, 3.8) is 0 Å². The van der Waals surface area contributed by atoms with Crippen LogP contribution in [0.3, 0.4) is 0 Å². The summed E-state index contributed by atoms with van der Waals surface area (Å²) in [6.07, 6.45) is 6.08. The van der Waals surface area contributed by atoms with Crippen LogP contribution in [0.25, 0.3) is 5.57 Å². The number of hydrogen-bond acceptors (Lipinski definition) is 4. The molecule has 1 saturated heterocycles. The summed E-state index contributed by atoms with van der Waals surface area (Å²) in [6, 6.07) is 16.8. The van der Waals surface area contributed by atoms with Gasteiger partial charge in [0.1, 0.15) is 11.5 Å². The van der Waals surface area contributed by atoms with E-state index in [0.717, 1.165) is 23.6 Å². The fourth-order valence-electron chi connectivity index (χ4n) is 3.56. The molecule has 144 valence electrons. The van der Waals surface area contributed by atoms with Crippen molar-refractivity contribution in [2.75, 3.05) is 34.6 Å². The standard InChI is InChI=1S/C23H29NO3/c1-24-14-8-7-11-19(24)15-21(18-9-5-4-6-10-18)22-16-20(26-3)12-13-23(22)27-17-25-2/h4-6,9-10,12-13,15-16,19H,7-8,11,14,17H2,1-3H3. The third-order valence-corrected chi connectivity index (χ3v) is 5.08. The van der Waals surface area contributed by atoms with Crippen molar-refractivity contribution in [3.8, 4) is 11.5 Å². The van der Waals surface area contributed by atoms with Gasteiger partial charge in [-0.25, -0.2) is 0 Å². The Morgan fingerprint density at radius 2 is 1.93 bits per heavy atom. The molecule has 0 bridgehead atoms. The molecule has 1 fully saturated rings. The molecule has 2 aromatic carbocycles. The molecular weight excluding hydrogens is 338 g/mol. The van der Waals surface area contributed by atoms with E-state index in [9.17, 15) is 0 Å². The van der Waals surface area contributed by atoms with Gasteiger partial charge in [0.2, 0.25) is 0 Å². The smallest absolute Gasteiger partial charge is 0.188 e. The Morgan fingerprint density at radius 1 is 1.11 bits per heavy atom. The van der Waals surface area contributed by atoms with E-state index in [4.69, 9.17) is 14.2 Å². The first-order chi connectivity index (χ1) is 13.2.